The molecule has 0 spiro atoms. The first-order valence-electron chi connectivity index (χ1n) is 5.52. The van der Waals surface area contributed by atoms with E-state index in [0.29, 0.717) is 6.42 Å². The zero-order valence-electron chi connectivity index (χ0n) is 9.76. The van der Waals surface area contributed by atoms with Gasteiger partial charge in [-0.15, -0.1) is 6.42 Å². The van der Waals surface area contributed by atoms with E-state index in [-0.39, 0.29) is 0 Å². The van der Waals surface area contributed by atoms with Crippen LogP contribution in [0.2, 0.25) is 0 Å². The Morgan fingerprint density at radius 3 is 2.50 bits per heavy atom. The van der Waals surface area contributed by atoms with Crippen LogP contribution in [-0.4, -0.2) is 0 Å². The van der Waals surface area contributed by atoms with Gasteiger partial charge in [-0.25, -0.2) is 0 Å². The molecular weight excluding hydrogens is 222 g/mol. The molecule has 2 aromatic carbocycles. The summed E-state index contributed by atoms with van der Waals surface area (Å²) in [6, 6.07) is 16.9. The van der Waals surface area contributed by atoms with Crippen molar-refractivity contribution in [3.8, 4) is 29.9 Å². The summed E-state index contributed by atoms with van der Waals surface area (Å²) in [5.74, 6) is 4.00. The molecule has 2 aromatic rings. The van der Waals surface area contributed by atoms with Crippen LogP contribution in [0.4, 0.5) is 0 Å². The van der Waals surface area contributed by atoms with Crippen molar-refractivity contribution in [2.24, 2.45) is 0 Å². The molecule has 0 aliphatic carbocycles. The second-order valence-electron chi connectivity index (χ2n) is 3.75. The molecule has 0 saturated heterocycles. The largest absolute Gasteiger partial charge is 0.457 e. The molecule has 0 aromatic heterocycles. The standard InChI is InChI=1S/C16H11NO/c1-2-13-6-8-15(9-7-13)18-16-5-3-4-14(12-16)10-11-17/h1,3-9,12H,10H2. The van der Waals surface area contributed by atoms with E-state index in [9.17, 15) is 0 Å². The van der Waals surface area contributed by atoms with E-state index in [2.05, 4.69) is 12.0 Å². The van der Waals surface area contributed by atoms with E-state index in [1.807, 2.05) is 48.5 Å². The highest BCUT2D eigenvalue weighted by Gasteiger charge is 1.99. The lowest BCUT2D eigenvalue weighted by Gasteiger charge is -2.06. The molecule has 0 N–H and O–H groups in total. The zero-order valence-corrected chi connectivity index (χ0v) is 9.76. The van der Waals surface area contributed by atoms with Crippen LogP contribution in [0, 0.1) is 23.7 Å². The molecule has 2 rings (SSSR count). The first-order chi connectivity index (χ1) is 8.81. The average Bonchev–Trinajstić information content (AvgIpc) is 2.40. The van der Waals surface area contributed by atoms with Gasteiger partial charge in [0.2, 0.25) is 0 Å². The Bertz CT molecular complexity index is 615. The molecule has 0 aliphatic rings. The molecule has 18 heavy (non-hydrogen) atoms. The van der Waals surface area contributed by atoms with Crippen LogP contribution in [0.3, 0.4) is 0 Å². The number of hydrogen-bond donors (Lipinski definition) is 0. The minimum absolute atomic E-state index is 0.382. The molecule has 0 unspecified atom stereocenters. The van der Waals surface area contributed by atoms with Gasteiger partial charge in [-0.05, 0) is 42.0 Å². The van der Waals surface area contributed by atoms with Crippen LogP contribution in [0.25, 0.3) is 0 Å². The van der Waals surface area contributed by atoms with Crippen LogP contribution >= 0.6 is 0 Å². The molecule has 86 valence electrons. The van der Waals surface area contributed by atoms with Gasteiger partial charge in [-0.3, -0.25) is 0 Å². The number of nitriles is 1. The number of terminal acetylenes is 1. The van der Waals surface area contributed by atoms with Crippen molar-refractivity contribution in [3.05, 3.63) is 59.7 Å². The fraction of sp³-hybridized carbons (Fsp3) is 0.0625. The van der Waals surface area contributed by atoms with Crippen molar-refractivity contribution >= 4 is 0 Å². The van der Waals surface area contributed by atoms with Gasteiger partial charge in [0, 0.05) is 5.56 Å². The third-order valence-corrected chi connectivity index (χ3v) is 2.44. The normalized spacial score (nSPS) is 9.22. The van der Waals surface area contributed by atoms with E-state index in [4.69, 9.17) is 16.4 Å². The molecule has 0 saturated carbocycles. The summed E-state index contributed by atoms with van der Waals surface area (Å²) in [6.07, 6.45) is 5.67. The first kappa shape index (κ1) is 11.8. The predicted molar refractivity (Wildman–Crippen MR) is 70.2 cm³/mol. The molecule has 0 aliphatic heterocycles. The van der Waals surface area contributed by atoms with Crippen molar-refractivity contribution in [2.75, 3.05) is 0 Å². The summed E-state index contributed by atoms with van der Waals surface area (Å²) in [4.78, 5) is 0. The van der Waals surface area contributed by atoms with Gasteiger partial charge in [-0.2, -0.15) is 5.26 Å². The zero-order chi connectivity index (χ0) is 12.8. The molecule has 0 heterocycles. The van der Waals surface area contributed by atoms with Gasteiger partial charge in [0.05, 0.1) is 12.5 Å². The van der Waals surface area contributed by atoms with Gasteiger partial charge in [0.25, 0.3) is 0 Å². The Balaban J connectivity index is 2.15. The highest BCUT2D eigenvalue weighted by molar-refractivity contribution is 5.39. The summed E-state index contributed by atoms with van der Waals surface area (Å²) < 4.78 is 5.69. The Morgan fingerprint density at radius 1 is 1.06 bits per heavy atom. The van der Waals surface area contributed by atoms with Gasteiger partial charge in [-0.1, -0.05) is 18.1 Å². The van der Waals surface area contributed by atoms with Crippen LogP contribution in [0.5, 0.6) is 11.5 Å². The second-order valence-corrected chi connectivity index (χ2v) is 3.75. The highest BCUT2D eigenvalue weighted by Crippen LogP contribution is 2.22. The van der Waals surface area contributed by atoms with E-state index in [0.717, 1.165) is 22.6 Å². The van der Waals surface area contributed by atoms with E-state index < -0.39 is 0 Å². The number of nitrogens with zero attached hydrogens (tertiary/aromatic N) is 1. The van der Waals surface area contributed by atoms with Crippen molar-refractivity contribution < 1.29 is 4.74 Å². The van der Waals surface area contributed by atoms with Gasteiger partial charge < -0.3 is 4.74 Å². The van der Waals surface area contributed by atoms with Crippen LogP contribution < -0.4 is 4.74 Å². The fourth-order valence-electron chi connectivity index (χ4n) is 1.57. The Kier molecular flexibility index (Phi) is 3.64. The number of hydrogen-bond acceptors (Lipinski definition) is 2. The number of rotatable bonds is 3. The molecular formula is C16H11NO. The Morgan fingerprint density at radius 2 is 1.83 bits per heavy atom. The maximum atomic E-state index is 8.65. The van der Waals surface area contributed by atoms with Gasteiger partial charge >= 0.3 is 0 Å². The monoisotopic (exact) mass is 233 g/mol. The van der Waals surface area contributed by atoms with Crippen molar-refractivity contribution in [2.45, 2.75) is 6.42 Å². The molecule has 0 fully saturated rings. The van der Waals surface area contributed by atoms with Crippen molar-refractivity contribution in [1.82, 2.24) is 0 Å². The van der Waals surface area contributed by atoms with E-state index >= 15 is 0 Å². The minimum Gasteiger partial charge on any atom is -0.457 e. The quantitative estimate of drug-likeness (QED) is 0.760. The summed E-state index contributed by atoms with van der Waals surface area (Å²) in [6.45, 7) is 0. The Labute approximate surface area is 106 Å². The van der Waals surface area contributed by atoms with Crippen LogP contribution in [0.15, 0.2) is 48.5 Å². The predicted octanol–water partition coefficient (Wildman–Crippen LogP) is 3.53. The van der Waals surface area contributed by atoms with Crippen LogP contribution in [0.1, 0.15) is 11.1 Å². The lowest BCUT2D eigenvalue weighted by molar-refractivity contribution is 0.482. The van der Waals surface area contributed by atoms with E-state index in [1.54, 1.807) is 0 Å². The lowest BCUT2D eigenvalue weighted by atomic mass is 10.1. The SMILES string of the molecule is C#Cc1ccc(Oc2cccc(CC#N)c2)cc1. The molecule has 0 bridgehead atoms. The average molecular weight is 233 g/mol. The Hall–Kier alpha value is -2.71. The summed E-state index contributed by atoms with van der Waals surface area (Å²) in [5, 5.41) is 8.65. The molecule has 0 radical (unpaired) electrons. The summed E-state index contributed by atoms with van der Waals surface area (Å²) in [5.41, 5.74) is 1.76. The third kappa shape index (κ3) is 2.90. The lowest BCUT2D eigenvalue weighted by Crippen LogP contribution is -1.87. The smallest absolute Gasteiger partial charge is 0.127 e. The number of ether oxygens (including phenoxy) is 1. The van der Waals surface area contributed by atoms with E-state index in [1.165, 1.54) is 0 Å². The molecule has 0 atom stereocenters. The minimum atomic E-state index is 0.382. The molecule has 0 amide bonds. The van der Waals surface area contributed by atoms with Crippen molar-refractivity contribution in [3.63, 3.8) is 0 Å². The van der Waals surface area contributed by atoms with Gasteiger partial charge in [0.1, 0.15) is 11.5 Å². The molecule has 2 heteroatoms. The highest BCUT2D eigenvalue weighted by atomic mass is 16.5. The maximum absolute atomic E-state index is 8.65. The van der Waals surface area contributed by atoms with Crippen molar-refractivity contribution in [1.29, 1.82) is 5.26 Å². The summed E-state index contributed by atoms with van der Waals surface area (Å²) >= 11 is 0. The second kappa shape index (κ2) is 5.57. The molecule has 2 nitrogen and oxygen atoms in total. The first-order valence-corrected chi connectivity index (χ1v) is 5.52. The summed E-state index contributed by atoms with van der Waals surface area (Å²) in [7, 11) is 0. The third-order valence-electron chi connectivity index (χ3n) is 2.44. The number of benzene rings is 2. The van der Waals surface area contributed by atoms with Crippen LogP contribution in [-0.2, 0) is 6.42 Å². The van der Waals surface area contributed by atoms with Gasteiger partial charge in [0.15, 0.2) is 0 Å². The fourth-order valence-corrected chi connectivity index (χ4v) is 1.57. The maximum Gasteiger partial charge on any atom is 0.127 e. The topological polar surface area (TPSA) is 33.0 Å².